The maximum atomic E-state index is 12.8. The van der Waals surface area contributed by atoms with Crippen LogP contribution in [0.25, 0.3) is 10.4 Å². The smallest absolute Gasteiger partial charge is 0.245 e. The van der Waals surface area contributed by atoms with Crippen LogP contribution >= 0.6 is 11.3 Å². The second kappa shape index (κ2) is 6.62. The molecule has 24 heavy (non-hydrogen) atoms. The number of nitrogens with zero attached hydrogens (tertiary/aromatic N) is 1. The molecule has 0 saturated carbocycles. The molecule has 1 aliphatic heterocycles. The molecule has 128 valence electrons. The van der Waals surface area contributed by atoms with Gasteiger partial charge in [0.05, 0.1) is 12.2 Å². The van der Waals surface area contributed by atoms with Crippen LogP contribution in [0.1, 0.15) is 30.6 Å². The maximum absolute atomic E-state index is 12.8. The molecule has 0 unspecified atom stereocenters. The number of hydroxylamine groups is 1. The first-order valence-corrected chi connectivity index (χ1v) is 10.1. The third kappa shape index (κ3) is 2.97. The molecule has 1 saturated heterocycles. The van der Waals surface area contributed by atoms with Gasteiger partial charge in [-0.15, -0.1) is 11.3 Å². The summed E-state index contributed by atoms with van der Waals surface area (Å²) in [6.07, 6.45) is 4.83. The molecule has 8 heteroatoms. The predicted molar refractivity (Wildman–Crippen MR) is 91.4 cm³/mol. The van der Waals surface area contributed by atoms with Crippen molar-refractivity contribution in [2.75, 3.05) is 5.75 Å². The van der Waals surface area contributed by atoms with E-state index in [-0.39, 0.29) is 12.2 Å². The molecule has 3 heterocycles. The van der Waals surface area contributed by atoms with Crippen LogP contribution in [-0.2, 0) is 19.4 Å². The van der Waals surface area contributed by atoms with E-state index in [0.717, 1.165) is 16.9 Å². The molecule has 0 aliphatic carbocycles. The van der Waals surface area contributed by atoms with E-state index < -0.39 is 20.5 Å². The Hall–Kier alpha value is -1.77. The van der Waals surface area contributed by atoms with E-state index in [4.69, 9.17) is 5.21 Å². The van der Waals surface area contributed by atoms with Crippen LogP contribution in [0.5, 0.6) is 0 Å². The largest absolute Gasteiger partial charge is 0.289 e. The third-order valence-corrected chi connectivity index (χ3v) is 8.48. The first kappa shape index (κ1) is 17.1. The van der Waals surface area contributed by atoms with Gasteiger partial charge in [-0.25, -0.2) is 13.9 Å². The van der Waals surface area contributed by atoms with Crippen LogP contribution in [0.2, 0.25) is 0 Å². The first-order valence-electron chi connectivity index (χ1n) is 7.64. The van der Waals surface area contributed by atoms with Crippen molar-refractivity contribution in [3.8, 4) is 10.4 Å². The van der Waals surface area contributed by atoms with Crippen molar-refractivity contribution in [3.63, 3.8) is 0 Å². The predicted octanol–water partition coefficient (Wildman–Crippen LogP) is 2.50. The topological polar surface area (TPSA) is 96.4 Å². The fourth-order valence-corrected chi connectivity index (χ4v) is 6.95. The number of hydrogen-bond donors (Lipinski definition) is 2. The van der Waals surface area contributed by atoms with Gasteiger partial charge in [0.25, 0.3) is 0 Å². The highest BCUT2D eigenvalue weighted by Crippen LogP contribution is 2.47. The Morgan fingerprint density at radius 1 is 1.25 bits per heavy atom. The molecular formula is C16H18N2O4S2. The zero-order chi connectivity index (χ0) is 17.2. The van der Waals surface area contributed by atoms with E-state index in [1.165, 1.54) is 11.3 Å². The fourth-order valence-electron chi connectivity index (χ4n) is 3.17. The Kier molecular flexibility index (Phi) is 4.71. The van der Waals surface area contributed by atoms with E-state index in [1.807, 2.05) is 18.2 Å². The monoisotopic (exact) mass is 366 g/mol. The molecule has 3 rings (SSSR count). The Morgan fingerprint density at radius 3 is 2.67 bits per heavy atom. The van der Waals surface area contributed by atoms with Crippen LogP contribution in [0.15, 0.2) is 36.7 Å². The molecule has 2 N–H and O–H groups in total. The van der Waals surface area contributed by atoms with Crippen molar-refractivity contribution < 1.29 is 18.4 Å². The molecule has 1 aliphatic rings. The third-order valence-electron chi connectivity index (χ3n) is 4.43. The number of carbonyl (C=O) groups excluding carboxylic acids is 1. The standard InChI is InChI=1S/C16H18N2O4S2/c19-15(18-20)11-16(7-1-2-10-24(16,21)22)14-4-3-13(23-14)12-5-8-17-9-6-12/h3-6,8-9,20H,1-2,7,10-11H2,(H,18,19)/t16-/m0/s1. The average Bonchev–Trinajstić information content (AvgIpc) is 3.08. The number of sulfone groups is 1. The van der Waals surface area contributed by atoms with E-state index in [9.17, 15) is 13.2 Å². The normalized spacial score (nSPS) is 22.9. The van der Waals surface area contributed by atoms with Gasteiger partial charge in [-0.2, -0.15) is 0 Å². The lowest BCUT2D eigenvalue weighted by molar-refractivity contribution is -0.130. The van der Waals surface area contributed by atoms with Gasteiger partial charge in [0.2, 0.25) is 5.91 Å². The van der Waals surface area contributed by atoms with Gasteiger partial charge < -0.3 is 0 Å². The highest BCUT2D eigenvalue weighted by atomic mass is 32.2. The van der Waals surface area contributed by atoms with Gasteiger partial charge in [-0.05, 0) is 42.7 Å². The zero-order valence-electron chi connectivity index (χ0n) is 12.9. The first-order chi connectivity index (χ1) is 11.5. The second-order valence-electron chi connectivity index (χ2n) is 5.88. The summed E-state index contributed by atoms with van der Waals surface area (Å²) in [7, 11) is -3.49. The van der Waals surface area contributed by atoms with Crippen LogP contribution in [0.3, 0.4) is 0 Å². The summed E-state index contributed by atoms with van der Waals surface area (Å²) in [6, 6.07) is 7.38. The van der Waals surface area contributed by atoms with Crippen molar-refractivity contribution in [1.82, 2.24) is 10.5 Å². The number of aromatic nitrogens is 1. The number of carbonyl (C=O) groups is 1. The Morgan fingerprint density at radius 2 is 2.00 bits per heavy atom. The lowest BCUT2D eigenvalue weighted by Crippen LogP contribution is -2.43. The Balaban J connectivity index is 2.07. The molecule has 1 fully saturated rings. The minimum absolute atomic E-state index is 0.0637. The van der Waals surface area contributed by atoms with E-state index >= 15 is 0 Å². The van der Waals surface area contributed by atoms with Crippen molar-refractivity contribution in [1.29, 1.82) is 0 Å². The number of thiophene rings is 1. The number of nitrogens with one attached hydrogen (secondary N) is 1. The summed E-state index contributed by atoms with van der Waals surface area (Å²) in [5.74, 6) is -0.617. The minimum Gasteiger partial charge on any atom is -0.289 e. The minimum atomic E-state index is -3.49. The van der Waals surface area contributed by atoms with Crippen LogP contribution < -0.4 is 5.48 Å². The second-order valence-corrected chi connectivity index (χ2v) is 9.38. The molecule has 1 atom stereocenters. The molecule has 0 spiro atoms. The molecular weight excluding hydrogens is 348 g/mol. The summed E-state index contributed by atoms with van der Waals surface area (Å²) in [4.78, 5) is 17.4. The summed E-state index contributed by atoms with van der Waals surface area (Å²) in [5.41, 5.74) is 2.53. The van der Waals surface area contributed by atoms with Crippen LogP contribution in [-0.4, -0.2) is 30.3 Å². The quantitative estimate of drug-likeness (QED) is 0.640. The number of pyridine rings is 1. The number of hydrogen-bond acceptors (Lipinski definition) is 6. The van der Waals surface area contributed by atoms with E-state index in [2.05, 4.69) is 4.98 Å². The summed E-state index contributed by atoms with van der Waals surface area (Å²) < 4.78 is 24.4. The molecule has 0 aromatic carbocycles. The molecule has 6 nitrogen and oxygen atoms in total. The molecule has 2 aromatic rings. The van der Waals surface area contributed by atoms with Crippen molar-refractivity contribution in [2.24, 2.45) is 0 Å². The van der Waals surface area contributed by atoms with Gasteiger partial charge in [-0.3, -0.25) is 15.0 Å². The summed E-state index contributed by atoms with van der Waals surface area (Å²) >= 11 is 1.38. The van der Waals surface area contributed by atoms with E-state index in [1.54, 1.807) is 23.9 Å². The molecule has 1 amide bonds. The lowest BCUT2D eigenvalue weighted by Gasteiger charge is -2.35. The van der Waals surface area contributed by atoms with Gasteiger partial charge >= 0.3 is 0 Å². The maximum Gasteiger partial charge on any atom is 0.245 e. The number of rotatable bonds is 4. The Bertz CT molecular complexity index is 833. The summed E-state index contributed by atoms with van der Waals surface area (Å²) in [5, 5.41) is 8.88. The van der Waals surface area contributed by atoms with Gasteiger partial charge in [0.1, 0.15) is 4.75 Å². The van der Waals surface area contributed by atoms with Crippen molar-refractivity contribution in [3.05, 3.63) is 41.5 Å². The molecule has 0 bridgehead atoms. The fraction of sp³-hybridized carbons (Fsp3) is 0.375. The van der Waals surface area contributed by atoms with Crippen LogP contribution in [0, 0.1) is 0 Å². The Labute approximate surface area is 144 Å². The highest BCUT2D eigenvalue weighted by Gasteiger charge is 2.49. The highest BCUT2D eigenvalue weighted by molar-refractivity contribution is 7.92. The van der Waals surface area contributed by atoms with Crippen LogP contribution in [0.4, 0.5) is 0 Å². The number of amides is 1. The van der Waals surface area contributed by atoms with E-state index in [0.29, 0.717) is 17.7 Å². The van der Waals surface area contributed by atoms with Gasteiger partial charge in [0, 0.05) is 22.1 Å². The van der Waals surface area contributed by atoms with Gasteiger partial charge in [0.15, 0.2) is 9.84 Å². The van der Waals surface area contributed by atoms with Crippen molar-refractivity contribution >= 4 is 27.1 Å². The molecule has 0 radical (unpaired) electrons. The summed E-state index contributed by atoms with van der Waals surface area (Å²) in [6.45, 7) is 0. The SMILES string of the molecule is O=C(C[C@]1(c2ccc(-c3ccncc3)s2)CCCCS1(=O)=O)NO. The lowest BCUT2D eigenvalue weighted by atomic mass is 9.94. The molecule has 2 aromatic heterocycles. The zero-order valence-corrected chi connectivity index (χ0v) is 14.6. The average molecular weight is 366 g/mol. The van der Waals surface area contributed by atoms with Crippen molar-refractivity contribution in [2.45, 2.75) is 30.4 Å². The van der Waals surface area contributed by atoms with Gasteiger partial charge in [-0.1, -0.05) is 6.42 Å².